The molecule has 1 aromatic carbocycles. The number of benzene rings is 1. The van der Waals surface area contributed by atoms with Gasteiger partial charge in [-0.05, 0) is 31.0 Å². The Morgan fingerprint density at radius 2 is 2.10 bits per heavy atom. The Morgan fingerprint density at radius 3 is 2.65 bits per heavy atom. The zero-order valence-corrected chi connectivity index (χ0v) is 12.7. The molecule has 0 aromatic heterocycles. The van der Waals surface area contributed by atoms with Gasteiger partial charge in [0.1, 0.15) is 5.75 Å². The molecule has 1 saturated heterocycles. The number of hydrogen-bond acceptors (Lipinski definition) is 4. The molecule has 0 aliphatic carbocycles. The van der Waals surface area contributed by atoms with Crippen molar-refractivity contribution in [2.45, 2.75) is 38.5 Å². The minimum atomic E-state index is 0.247. The van der Waals surface area contributed by atoms with E-state index in [1.54, 1.807) is 7.11 Å². The van der Waals surface area contributed by atoms with E-state index in [1.807, 2.05) is 12.1 Å². The minimum absolute atomic E-state index is 0.247. The van der Waals surface area contributed by atoms with Gasteiger partial charge in [0.25, 0.3) is 0 Å². The second-order valence-electron chi connectivity index (χ2n) is 5.43. The van der Waals surface area contributed by atoms with Crippen LogP contribution < -0.4 is 10.5 Å². The molecule has 1 aromatic rings. The highest BCUT2D eigenvalue weighted by Gasteiger charge is 2.31. The first-order valence-corrected chi connectivity index (χ1v) is 7.41. The van der Waals surface area contributed by atoms with Crippen molar-refractivity contribution in [1.29, 1.82) is 0 Å². The summed E-state index contributed by atoms with van der Waals surface area (Å²) in [5.74, 6) is 0.881. The second kappa shape index (κ2) is 7.07. The molecule has 3 atom stereocenters. The van der Waals surface area contributed by atoms with Crippen molar-refractivity contribution in [3.63, 3.8) is 0 Å². The summed E-state index contributed by atoms with van der Waals surface area (Å²) in [5.41, 5.74) is 7.31. The SMILES string of the molecule is CCC1COC(C)CN1C(CN)c1ccc(OC)cc1. The van der Waals surface area contributed by atoms with Crippen LogP contribution in [0.1, 0.15) is 31.9 Å². The highest BCUT2D eigenvalue weighted by Crippen LogP contribution is 2.28. The summed E-state index contributed by atoms with van der Waals surface area (Å²) in [5, 5.41) is 0. The van der Waals surface area contributed by atoms with E-state index < -0.39 is 0 Å². The summed E-state index contributed by atoms with van der Waals surface area (Å²) in [4.78, 5) is 2.50. The Hall–Kier alpha value is -1.10. The summed E-state index contributed by atoms with van der Waals surface area (Å²) < 4.78 is 11.0. The third kappa shape index (κ3) is 3.32. The molecule has 1 heterocycles. The largest absolute Gasteiger partial charge is 0.497 e. The monoisotopic (exact) mass is 278 g/mol. The van der Waals surface area contributed by atoms with E-state index in [9.17, 15) is 0 Å². The normalized spacial score (nSPS) is 25.4. The van der Waals surface area contributed by atoms with Gasteiger partial charge in [0, 0.05) is 25.2 Å². The van der Waals surface area contributed by atoms with Gasteiger partial charge in [0.2, 0.25) is 0 Å². The summed E-state index contributed by atoms with van der Waals surface area (Å²) in [6.45, 7) is 6.69. The predicted molar refractivity (Wildman–Crippen MR) is 81.0 cm³/mol. The van der Waals surface area contributed by atoms with E-state index in [0.29, 0.717) is 12.6 Å². The molecule has 0 amide bonds. The lowest BCUT2D eigenvalue weighted by atomic mass is 10.0. The average molecular weight is 278 g/mol. The molecule has 20 heavy (non-hydrogen) atoms. The quantitative estimate of drug-likeness (QED) is 0.897. The maximum Gasteiger partial charge on any atom is 0.118 e. The number of methoxy groups -OCH3 is 1. The van der Waals surface area contributed by atoms with Crippen LogP contribution in [0.4, 0.5) is 0 Å². The Kier molecular flexibility index (Phi) is 5.40. The third-order valence-corrected chi connectivity index (χ3v) is 4.11. The van der Waals surface area contributed by atoms with Crippen molar-refractivity contribution in [2.24, 2.45) is 5.73 Å². The summed E-state index contributed by atoms with van der Waals surface area (Å²) in [7, 11) is 1.69. The van der Waals surface area contributed by atoms with E-state index in [2.05, 4.69) is 30.9 Å². The van der Waals surface area contributed by atoms with E-state index in [4.69, 9.17) is 15.2 Å². The van der Waals surface area contributed by atoms with Gasteiger partial charge in [-0.25, -0.2) is 0 Å². The van der Waals surface area contributed by atoms with Gasteiger partial charge < -0.3 is 15.2 Å². The third-order valence-electron chi connectivity index (χ3n) is 4.11. The van der Waals surface area contributed by atoms with Crippen LogP contribution in [0.25, 0.3) is 0 Å². The second-order valence-corrected chi connectivity index (χ2v) is 5.43. The maximum absolute atomic E-state index is 6.05. The minimum Gasteiger partial charge on any atom is -0.497 e. The molecular formula is C16H26N2O2. The van der Waals surface area contributed by atoms with E-state index >= 15 is 0 Å². The van der Waals surface area contributed by atoms with Crippen LogP contribution in [0.15, 0.2) is 24.3 Å². The van der Waals surface area contributed by atoms with Gasteiger partial charge in [0.05, 0.1) is 19.8 Å². The van der Waals surface area contributed by atoms with E-state index in [0.717, 1.165) is 25.3 Å². The van der Waals surface area contributed by atoms with Crippen molar-refractivity contribution in [1.82, 2.24) is 4.90 Å². The van der Waals surface area contributed by atoms with Gasteiger partial charge in [0.15, 0.2) is 0 Å². The van der Waals surface area contributed by atoms with Gasteiger partial charge in [-0.1, -0.05) is 19.1 Å². The number of ether oxygens (including phenoxy) is 2. The molecule has 1 aliphatic rings. The topological polar surface area (TPSA) is 47.7 Å². The first-order chi connectivity index (χ1) is 9.69. The first kappa shape index (κ1) is 15.3. The molecule has 0 bridgehead atoms. The van der Waals surface area contributed by atoms with Crippen molar-refractivity contribution >= 4 is 0 Å². The molecule has 2 N–H and O–H groups in total. The number of nitrogens with two attached hydrogens (primary N) is 1. The molecule has 4 heteroatoms. The number of nitrogens with zero attached hydrogens (tertiary/aromatic N) is 1. The fourth-order valence-corrected chi connectivity index (χ4v) is 2.89. The Morgan fingerprint density at radius 1 is 1.40 bits per heavy atom. The van der Waals surface area contributed by atoms with Crippen LogP contribution in [0.3, 0.4) is 0 Å². The van der Waals surface area contributed by atoms with Crippen LogP contribution >= 0.6 is 0 Å². The highest BCUT2D eigenvalue weighted by atomic mass is 16.5. The Bertz CT molecular complexity index is 407. The number of morpholine rings is 1. The summed E-state index contributed by atoms with van der Waals surface area (Å²) >= 11 is 0. The van der Waals surface area contributed by atoms with Crippen LogP contribution in [0.5, 0.6) is 5.75 Å². The average Bonchev–Trinajstić information content (AvgIpc) is 2.49. The van der Waals surface area contributed by atoms with Gasteiger partial charge in [-0.2, -0.15) is 0 Å². The smallest absolute Gasteiger partial charge is 0.118 e. The Labute approximate surface area is 121 Å². The summed E-state index contributed by atoms with van der Waals surface area (Å²) in [6, 6.07) is 8.93. The zero-order chi connectivity index (χ0) is 14.5. The molecule has 1 fully saturated rings. The summed E-state index contributed by atoms with van der Waals surface area (Å²) in [6.07, 6.45) is 1.35. The van der Waals surface area contributed by atoms with Gasteiger partial charge >= 0.3 is 0 Å². The lowest BCUT2D eigenvalue weighted by Crippen LogP contribution is -2.51. The number of hydrogen-bond donors (Lipinski definition) is 1. The van der Waals surface area contributed by atoms with Gasteiger partial charge in [-0.15, -0.1) is 0 Å². The molecule has 0 radical (unpaired) electrons. The fourth-order valence-electron chi connectivity index (χ4n) is 2.89. The van der Waals surface area contributed by atoms with Crippen LogP contribution in [-0.2, 0) is 4.74 Å². The van der Waals surface area contributed by atoms with Gasteiger partial charge in [-0.3, -0.25) is 4.90 Å². The molecular weight excluding hydrogens is 252 g/mol. The fraction of sp³-hybridized carbons (Fsp3) is 0.625. The Balaban J connectivity index is 2.19. The standard InChI is InChI=1S/C16H26N2O2/c1-4-14-11-20-12(2)10-18(14)16(9-17)13-5-7-15(19-3)8-6-13/h5-8,12,14,16H,4,9-11,17H2,1-3H3. The maximum atomic E-state index is 6.05. The zero-order valence-electron chi connectivity index (χ0n) is 12.7. The molecule has 0 spiro atoms. The van der Waals surface area contributed by atoms with Crippen molar-refractivity contribution in [3.05, 3.63) is 29.8 Å². The first-order valence-electron chi connectivity index (χ1n) is 7.41. The molecule has 0 saturated carbocycles. The van der Waals surface area contributed by atoms with Crippen LogP contribution in [0, 0.1) is 0 Å². The highest BCUT2D eigenvalue weighted by molar-refractivity contribution is 5.29. The molecule has 1 aliphatic heterocycles. The van der Waals surface area contributed by atoms with Crippen LogP contribution in [0.2, 0.25) is 0 Å². The molecule has 2 rings (SSSR count). The molecule has 112 valence electrons. The number of rotatable bonds is 5. The van der Waals surface area contributed by atoms with Crippen LogP contribution in [-0.4, -0.2) is 43.9 Å². The van der Waals surface area contributed by atoms with Crippen molar-refractivity contribution in [3.8, 4) is 5.75 Å². The van der Waals surface area contributed by atoms with E-state index in [-0.39, 0.29) is 12.1 Å². The van der Waals surface area contributed by atoms with E-state index in [1.165, 1.54) is 5.56 Å². The lowest BCUT2D eigenvalue weighted by molar-refractivity contribution is -0.0719. The van der Waals surface area contributed by atoms with Crippen molar-refractivity contribution < 1.29 is 9.47 Å². The molecule has 4 nitrogen and oxygen atoms in total. The van der Waals surface area contributed by atoms with Crippen molar-refractivity contribution in [2.75, 3.05) is 26.8 Å². The predicted octanol–water partition coefficient (Wildman–Crippen LogP) is 2.19. The molecule has 3 unspecified atom stereocenters. The lowest BCUT2D eigenvalue weighted by Gasteiger charge is -2.43.